The molecule has 4 rings (SSSR count). The van der Waals surface area contributed by atoms with Gasteiger partial charge in [-0.05, 0) is 37.1 Å². The third-order valence-corrected chi connectivity index (χ3v) is 5.10. The van der Waals surface area contributed by atoms with E-state index in [4.69, 9.17) is 14.1 Å². The smallest absolute Gasteiger partial charge is 0.275 e. The summed E-state index contributed by atoms with van der Waals surface area (Å²) in [5.41, 5.74) is 3.31. The second-order valence-corrected chi connectivity index (χ2v) is 7.02. The molecule has 1 atom stereocenters. The van der Waals surface area contributed by atoms with Gasteiger partial charge in [0, 0.05) is 37.2 Å². The summed E-state index contributed by atoms with van der Waals surface area (Å²) in [4.78, 5) is 23.6. The van der Waals surface area contributed by atoms with Gasteiger partial charge < -0.3 is 14.1 Å². The molecule has 0 unspecified atom stereocenters. The molecule has 0 radical (unpaired) electrons. The number of methoxy groups -OCH3 is 1. The Bertz CT molecular complexity index is 982. The Kier molecular flexibility index (Phi) is 5.10. The van der Waals surface area contributed by atoms with Crippen LogP contribution in [0.25, 0.3) is 11.3 Å². The van der Waals surface area contributed by atoms with Crippen LogP contribution < -0.4 is 4.74 Å². The van der Waals surface area contributed by atoms with E-state index in [0.717, 1.165) is 42.1 Å². The summed E-state index contributed by atoms with van der Waals surface area (Å²) in [7, 11) is 1.66. The van der Waals surface area contributed by atoms with Gasteiger partial charge >= 0.3 is 0 Å². The van der Waals surface area contributed by atoms with Crippen molar-refractivity contribution < 1.29 is 13.9 Å². The molecule has 1 saturated heterocycles. The number of likely N-dealkylation sites (tertiary alicyclic amines) is 1. The van der Waals surface area contributed by atoms with E-state index in [1.54, 1.807) is 14.0 Å². The molecule has 6 heteroatoms. The number of ether oxygens (including phenoxy) is 1. The van der Waals surface area contributed by atoms with E-state index < -0.39 is 0 Å². The van der Waals surface area contributed by atoms with Crippen molar-refractivity contribution in [3.8, 4) is 17.0 Å². The first-order valence-electron chi connectivity index (χ1n) is 9.47. The summed E-state index contributed by atoms with van der Waals surface area (Å²) in [5, 5.41) is 0. The fourth-order valence-electron chi connectivity index (χ4n) is 3.65. The molecular weight excluding hydrogens is 354 g/mol. The standard InChI is InChI=1S/C22H23N3O3/c1-15-23-21(14-28-15)22(26)25-11-5-7-17(13-25)20-10-4-9-19(24-20)16-6-3-8-18(12-16)27-2/h3-4,6,8-10,12,14,17H,5,7,11,13H2,1-2H3/t17-/m0/s1. The lowest BCUT2D eigenvalue weighted by Crippen LogP contribution is -2.39. The first-order valence-corrected chi connectivity index (χ1v) is 9.47. The first kappa shape index (κ1) is 18.2. The number of carbonyl (C=O) groups is 1. The third-order valence-electron chi connectivity index (χ3n) is 5.10. The van der Waals surface area contributed by atoms with Gasteiger partial charge in [-0.15, -0.1) is 0 Å². The summed E-state index contributed by atoms with van der Waals surface area (Å²) in [5.74, 6) is 1.44. The molecule has 0 N–H and O–H groups in total. The number of hydrogen-bond acceptors (Lipinski definition) is 5. The van der Waals surface area contributed by atoms with Crippen molar-refractivity contribution in [2.75, 3.05) is 20.2 Å². The Balaban J connectivity index is 1.54. The van der Waals surface area contributed by atoms with Gasteiger partial charge in [0.15, 0.2) is 11.6 Å². The fourth-order valence-corrected chi connectivity index (χ4v) is 3.65. The molecule has 3 aromatic rings. The Labute approximate surface area is 164 Å². The van der Waals surface area contributed by atoms with Crippen LogP contribution in [0.1, 0.15) is 40.8 Å². The second-order valence-electron chi connectivity index (χ2n) is 7.02. The number of amides is 1. The van der Waals surface area contributed by atoms with Crippen molar-refractivity contribution in [1.82, 2.24) is 14.9 Å². The molecule has 2 aromatic heterocycles. The van der Waals surface area contributed by atoms with E-state index in [9.17, 15) is 4.79 Å². The van der Waals surface area contributed by atoms with E-state index >= 15 is 0 Å². The monoisotopic (exact) mass is 377 g/mol. The van der Waals surface area contributed by atoms with Crippen LogP contribution in [0.2, 0.25) is 0 Å². The lowest BCUT2D eigenvalue weighted by atomic mass is 9.93. The highest BCUT2D eigenvalue weighted by Crippen LogP contribution is 2.29. The number of piperidine rings is 1. The van der Waals surface area contributed by atoms with Crippen molar-refractivity contribution in [1.29, 1.82) is 0 Å². The van der Waals surface area contributed by atoms with Crippen LogP contribution in [0.15, 0.2) is 53.1 Å². The van der Waals surface area contributed by atoms with Crippen molar-refractivity contribution in [3.05, 3.63) is 66.0 Å². The van der Waals surface area contributed by atoms with Gasteiger partial charge in [0.25, 0.3) is 5.91 Å². The molecule has 1 amide bonds. The van der Waals surface area contributed by atoms with Gasteiger partial charge in [0.1, 0.15) is 12.0 Å². The highest BCUT2D eigenvalue weighted by atomic mass is 16.5. The fraction of sp³-hybridized carbons (Fsp3) is 0.318. The van der Waals surface area contributed by atoms with Gasteiger partial charge in [-0.2, -0.15) is 0 Å². The highest BCUT2D eigenvalue weighted by molar-refractivity contribution is 5.92. The quantitative estimate of drug-likeness (QED) is 0.685. The molecule has 0 bridgehead atoms. The average molecular weight is 377 g/mol. The minimum absolute atomic E-state index is 0.0782. The maximum absolute atomic E-state index is 12.7. The van der Waals surface area contributed by atoms with Crippen LogP contribution in [-0.2, 0) is 0 Å². The molecule has 1 fully saturated rings. The zero-order chi connectivity index (χ0) is 19.5. The lowest BCUT2D eigenvalue weighted by Gasteiger charge is -2.32. The van der Waals surface area contributed by atoms with E-state index in [-0.39, 0.29) is 11.8 Å². The maximum atomic E-state index is 12.7. The molecule has 1 aromatic carbocycles. The summed E-state index contributed by atoms with van der Waals surface area (Å²) in [6.07, 6.45) is 3.39. The Morgan fingerprint density at radius 3 is 2.86 bits per heavy atom. The van der Waals surface area contributed by atoms with E-state index in [0.29, 0.717) is 18.1 Å². The van der Waals surface area contributed by atoms with Crippen LogP contribution in [0.3, 0.4) is 0 Å². The maximum Gasteiger partial charge on any atom is 0.275 e. The predicted molar refractivity (Wildman–Crippen MR) is 105 cm³/mol. The van der Waals surface area contributed by atoms with Gasteiger partial charge in [0.05, 0.1) is 12.8 Å². The number of nitrogens with zero attached hydrogens (tertiary/aromatic N) is 3. The number of aryl methyl sites for hydroxylation is 1. The summed E-state index contributed by atoms with van der Waals surface area (Å²) < 4.78 is 10.5. The minimum Gasteiger partial charge on any atom is -0.497 e. The second kappa shape index (κ2) is 7.84. The molecule has 3 heterocycles. The zero-order valence-corrected chi connectivity index (χ0v) is 16.1. The largest absolute Gasteiger partial charge is 0.497 e. The number of benzene rings is 1. The summed E-state index contributed by atoms with van der Waals surface area (Å²) >= 11 is 0. The van der Waals surface area contributed by atoms with Crippen LogP contribution >= 0.6 is 0 Å². The normalized spacial score (nSPS) is 16.8. The molecule has 6 nitrogen and oxygen atoms in total. The molecule has 144 valence electrons. The van der Waals surface area contributed by atoms with Gasteiger partial charge in [-0.1, -0.05) is 18.2 Å². The number of aromatic nitrogens is 2. The molecule has 0 aliphatic carbocycles. The lowest BCUT2D eigenvalue weighted by molar-refractivity contribution is 0.0700. The van der Waals surface area contributed by atoms with Gasteiger partial charge in [-0.25, -0.2) is 4.98 Å². The van der Waals surface area contributed by atoms with Crippen LogP contribution in [0.4, 0.5) is 0 Å². The first-order chi connectivity index (χ1) is 13.6. The van der Waals surface area contributed by atoms with Gasteiger partial charge in [-0.3, -0.25) is 9.78 Å². The Hall–Kier alpha value is -3.15. The van der Waals surface area contributed by atoms with Crippen molar-refractivity contribution in [2.24, 2.45) is 0 Å². The number of oxazole rings is 1. The zero-order valence-electron chi connectivity index (χ0n) is 16.1. The van der Waals surface area contributed by atoms with Crippen molar-refractivity contribution >= 4 is 5.91 Å². The van der Waals surface area contributed by atoms with Crippen molar-refractivity contribution in [2.45, 2.75) is 25.7 Å². The molecule has 0 spiro atoms. The number of rotatable bonds is 4. The van der Waals surface area contributed by atoms with Gasteiger partial charge in [0.2, 0.25) is 0 Å². The molecule has 0 saturated carbocycles. The van der Waals surface area contributed by atoms with E-state index in [1.165, 1.54) is 6.26 Å². The van der Waals surface area contributed by atoms with Crippen LogP contribution in [0, 0.1) is 6.92 Å². The molecular formula is C22H23N3O3. The number of pyridine rings is 1. The molecule has 1 aliphatic rings. The summed E-state index contributed by atoms with van der Waals surface area (Å²) in [6.45, 7) is 3.11. The highest BCUT2D eigenvalue weighted by Gasteiger charge is 2.27. The molecule has 1 aliphatic heterocycles. The Morgan fingerprint density at radius 2 is 2.07 bits per heavy atom. The average Bonchev–Trinajstić information content (AvgIpc) is 3.19. The van der Waals surface area contributed by atoms with Crippen LogP contribution in [-0.4, -0.2) is 41.0 Å². The predicted octanol–water partition coefficient (Wildman–Crippen LogP) is 4.07. The van der Waals surface area contributed by atoms with E-state index in [1.807, 2.05) is 47.4 Å². The number of hydrogen-bond donors (Lipinski definition) is 0. The van der Waals surface area contributed by atoms with Crippen molar-refractivity contribution in [3.63, 3.8) is 0 Å². The van der Waals surface area contributed by atoms with E-state index in [2.05, 4.69) is 4.98 Å². The summed E-state index contributed by atoms with van der Waals surface area (Å²) in [6, 6.07) is 14.0. The topological polar surface area (TPSA) is 68.5 Å². The Morgan fingerprint density at radius 1 is 1.21 bits per heavy atom. The third kappa shape index (κ3) is 3.76. The van der Waals surface area contributed by atoms with Crippen LogP contribution in [0.5, 0.6) is 5.75 Å². The SMILES string of the molecule is COc1cccc(-c2cccc([C@H]3CCCN(C(=O)c4coc(C)n4)C3)n2)c1. The molecule has 28 heavy (non-hydrogen) atoms. The minimum atomic E-state index is -0.0782. The number of carbonyl (C=O) groups excluding carboxylic acids is 1.